The minimum Gasteiger partial charge on any atom is -0.264 e. The third kappa shape index (κ3) is 3.74. The van der Waals surface area contributed by atoms with Crippen molar-refractivity contribution < 1.29 is 4.92 Å². The first kappa shape index (κ1) is 14.8. The summed E-state index contributed by atoms with van der Waals surface area (Å²) in [7, 11) is 0. The molecule has 114 valence electrons. The zero-order chi connectivity index (χ0) is 16.1. The van der Waals surface area contributed by atoms with Crippen molar-refractivity contribution in [2.24, 2.45) is 5.10 Å². The highest BCUT2D eigenvalue weighted by atomic mass is 32.1. The SMILES string of the molecule is O=[N+]([O-])c1ccc(-c2csc(NN=Cc3cccnc3)n2)cc1. The molecule has 0 aliphatic carbocycles. The van der Waals surface area contributed by atoms with Gasteiger partial charge in [-0.3, -0.25) is 20.5 Å². The van der Waals surface area contributed by atoms with E-state index in [0.717, 1.165) is 16.8 Å². The van der Waals surface area contributed by atoms with E-state index in [-0.39, 0.29) is 5.69 Å². The number of benzene rings is 1. The number of aromatic nitrogens is 2. The number of anilines is 1. The number of hydrogen-bond acceptors (Lipinski definition) is 7. The molecule has 8 heteroatoms. The highest BCUT2D eigenvalue weighted by Gasteiger charge is 2.07. The average Bonchev–Trinajstić information content (AvgIpc) is 3.05. The fourth-order valence-corrected chi connectivity index (χ4v) is 2.49. The van der Waals surface area contributed by atoms with Crippen LogP contribution in [0.1, 0.15) is 5.56 Å². The first-order valence-electron chi connectivity index (χ1n) is 6.62. The summed E-state index contributed by atoms with van der Waals surface area (Å²) in [4.78, 5) is 18.6. The van der Waals surface area contributed by atoms with Crippen molar-refractivity contribution in [1.82, 2.24) is 9.97 Å². The molecule has 0 spiro atoms. The van der Waals surface area contributed by atoms with E-state index in [0.29, 0.717) is 5.13 Å². The molecule has 0 radical (unpaired) electrons. The molecule has 0 amide bonds. The van der Waals surface area contributed by atoms with Crippen LogP contribution in [0.4, 0.5) is 10.8 Å². The molecule has 3 aromatic rings. The van der Waals surface area contributed by atoms with Gasteiger partial charge in [-0.2, -0.15) is 5.10 Å². The van der Waals surface area contributed by atoms with Crippen molar-refractivity contribution in [2.75, 3.05) is 5.43 Å². The number of hydrazone groups is 1. The molecule has 0 fully saturated rings. The van der Waals surface area contributed by atoms with Crippen molar-refractivity contribution in [1.29, 1.82) is 0 Å². The van der Waals surface area contributed by atoms with E-state index in [1.165, 1.54) is 23.5 Å². The van der Waals surface area contributed by atoms with Crippen LogP contribution in [-0.4, -0.2) is 21.1 Å². The van der Waals surface area contributed by atoms with Crippen molar-refractivity contribution in [2.45, 2.75) is 0 Å². The Bertz CT molecular complexity index is 831. The van der Waals surface area contributed by atoms with Gasteiger partial charge in [0, 0.05) is 41.0 Å². The summed E-state index contributed by atoms with van der Waals surface area (Å²) in [5.74, 6) is 0. The van der Waals surface area contributed by atoms with Gasteiger partial charge in [0.1, 0.15) is 0 Å². The number of thiazole rings is 1. The molecule has 1 aromatic carbocycles. The second-order valence-electron chi connectivity index (χ2n) is 4.50. The lowest BCUT2D eigenvalue weighted by Gasteiger charge is -1.96. The van der Waals surface area contributed by atoms with E-state index >= 15 is 0 Å². The number of pyridine rings is 1. The molecule has 0 atom stereocenters. The molecule has 7 nitrogen and oxygen atoms in total. The summed E-state index contributed by atoms with van der Waals surface area (Å²) in [6.07, 6.45) is 5.05. The molecule has 0 aliphatic heterocycles. The van der Waals surface area contributed by atoms with E-state index in [1.54, 1.807) is 30.7 Å². The van der Waals surface area contributed by atoms with E-state index in [2.05, 4.69) is 20.5 Å². The summed E-state index contributed by atoms with van der Waals surface area (Å²) in [6, 6.07) is 10.00. The Kier molecular flexibility index (Phi) is 4.34. The normalized spacial score (nSPS) is 10.8. The number of hydrogen-bond donors (Lipinski definition) is 1. The lowest BCUT2D eigenvalue weighted by Crippen LogP contribution is -1.90. The van der Waals surface area contributed by atoms with Crippen molar-refractivity contribution in [3.05, 3.63) is 69.8 Å². The number of rotatable bonds is 5. The van der Waals surface area contributed by atoms with Gasteiger partial charge in [-0.25, -0.2) is 4.98 Å². The second kappa shape index (κ2) is 6.75. The topological polar surface area (TPSA) is 93.3 Å². The van der Waals surface area contributed by atoms with Crippen LogP contribution in [-0.2, 0) is 0 Å². The van der Waals surface area contributed by atoms with Crippen LogP contribution < -0.4 is 5.43 Å². The summed E-state index contributed by atoms with van der Waals surface area (Å²) >= 11 is 1.40. The molecule has 2 heterocycles. The molecule has 0 unspecified atom stereocenters. The van der Waals surface area contributed by atoms with Crippen LogP contribution in [0.25, 0.3) is 11.3 Å². The lowest BCUT2D eigenvalue weighted by atomic mass is 10.1. The van der Waals surface area contributed by atoms with Gasteiger partial charge in [-0.1, -0.05) is 6.07 Å². The molecule has 0 saturated carbocycles. The smallest absolute Gasteiger partial charge is 0.264 e. The van der Waals surface area contributed by atoms with Gasteiger partial charge < -0.3 is 0 Å². The Morgan fingerprint density at radius 1 is 1.26 bits per heavy atom. The zero-order valence-electron chi connectivity index (χ0n) is 11.8. The number of nitrogens with one attached hydrogen (secondary N) is 1. The predicted octanol–water partition coefficient (Wildman–Crippen LogP) is 3.56. The molecule has 1 N–H and O–H groups in total. The Hall–Kier alpha value is -3.13. The molecule has 0 bridgehead atoms. The largest absolute Gasteiger partial charge is 0.269 e. The monoisotopic (exact) mass is 325 g/mol. The third-order valence-electron chi connectivity index (χ3n) is 2.94. The number of nitro benzene ring substituents is 1. The van der Waals surface area contributed by atoms with E-state index in [9.17, 15) is 10.1 Å². The summed E-state index contributed by atoms with van der Waals surface area (Å²) < 4.78 is 0. The zero-order valence-corrected chi connectivity index (χ0v) is 12.6. The van der Waals surface area contributed by atoms with Crippen LogP contribution in [0.2, 0.25) is 0 Å². The molecule has 0 saturated heterocycles. The highest BCUT2D eigenvalue weighted by Crippen LogP contribution is 2.26. The summed E-state index contributed by atoms with van der Waals surface area (Å²) in [6.45, 7) is 0. The Morgan fingerprint density at radius 2 is 2.09 bits per heavy atom. The van der Waals surface area contributed by atoms with Gasteiger partial charge in [0.05, 0.1) is 16.8 Å². The van der Waals surface area contributed by atoms with Crippen molar-refractivity contribution in [3.8, 4) is 11.3 Å². The van der Waals surface area contributed by atoms with Gasteiger partial charge in [0.15, 0.2) is 0 Å². The maximum absolute atomic E-state index is 10.6. The van der Waals surface area contributed by atoms with Crippen LogP contribution in [0, 0.1) is 10.1 Å². The van der Waals surface area contributed by atoms with Crippen LogP contribution in [0.3, 0.4) is 0 Å². The number of nitro groups is 1. The van der Waals surface area contributed by atoms with Gasteiger partial charge in [-0.15, -0.1) is 11.3 Å². The molecule has 0 aliphatic rings. The molecule has 3 rings (SSSR count). The molecular formula is C15H11N5O2S. The Morgan fingerprint density at radius 3 is 2.78 bits per heavy atom. The number of nitrogens with zero attached hydrogens (tertiary/aromatic N) is 4. The quantitative estimate of drug-likeness (QED) is 0.440. The molecule has 2 aromatic heterocycles. The number of non-ortho nitro benzene ring substituents is 1. The van der Waals surface area contributed by atoms with Crippen LogP contribution >= 0.6 is 11.3 Å². The van der Waals surface area contributed by atoms with E-state index in [1.807, 2.05) is 17.5 Å². The first-order chi connectivity index (χ1) is 11.2. The van der Waals surface area contributed by atoms with Gasteiger partial charge in [0.25, 0.3) is 5.69 Å². The second-order valence-corrected chi connectivity index (χ2v) is 5.36. The highest BCUT2D eigenvalue weighted by molar-refractivity contribution is 7.14. The maximum atomic E-state index is 10.6. The Labute approximate surface area is 135 Å². The van der Waals surface area contributed by atoms with Gasteiger partial charge in [0.2, 0.25) is 5.13 Å². The Balaban J connectivity index is 1.68. The first-order valence-corrected chi connectivity index (χ1v) is 7.50. The minimum absolute atomic E-state index is 0.0587. The van der Waals surface area contributed by atoms with Gasteiger partial charge >= 0.3 is 0 Å². The van der Waals surface area contributed by atoms with Crippen molar-refractivity contribution >= 4 is 28.4 Å². The summed E-state index contributed by atoms with van der Waals surface area (Å²) in [5, 5.41) is 17.3. The fraction of sp³-hybridized carbons (Fsp3) is 0. The van der Waals surface area contributed by atoms with Crippen molar-refractivity contribution in [3.63, 3.8) is 0 Å². The summed E-state index contributed by atoms with van der Waals surface area (Å²) in [5.41, 5.74) is 5.35. The standard InChI is InChI=1S/C15H11N5O2S/c21-20(22)13-5-3-12(4-6-13)14-10-23-15(18-14)19-17-9-11-2-1-7-16-8-11/h1-10H,(H,18,19). The van der Waals surface area contributed by atoms with Gasteiger partial charge in [-0.05, 0) is 18.2 Å². The average molecular weight is 325 g/mol. The maximum Gasteiger partial charge on any atom is 0.269 e. The van der Waals surface area contributed by atoms with Crippen LogP contribution in [0.5, 0.6) is 0 Å². The fourth-order valence-electron chi connectivity index (χ4n) is 1.83. The molecule has 23 heavy (non-hydrogen) atoms. The third-order valence-corrected chi connectivity index (χ3v) is 3.68. The predicted molar refractivity (Wildman–Crippen MR) is 89.7 cm³/mol. The van der Waals surface area contributed by atoms with E-state index < -0.39 is 4.92 Å². The van der Waals surface area contributed by atoms with Crippen LogP contribution in [0.15, 0.2) is 59.3 Å². The van der Waals surface area contributed by atoms with E-state index in [4.69, 9.17) is 0 Å². The minimum atomic E-state index is -0.426. The molecular weight excluding hydrogens is 314 g/mol. The lowest BCUT2D eigenvalue weighted by molar-refractivity contribution is -0.384.